The molecule has 3 heterocycles. The number of aromatic amines is 1. The SMILES string of the molecule is CN1CCC(c2c[nH]c3ccc(-c4cncnc4)cc23)C1. The van der Waals surface area contributed by atoms with E-state index in [2.05, 4.69) is 51.3 Å². The summed E-state index contributed by atoms with van der Waals surface area (Å²) in [6, 6.07) is 6.54. The number of hydrogen-bond donors (Lipinski definition) is 1. The molecule has 1 aromatic carbocycles. The molecule has 3 aromatic rings. The van der Waals surface area contributed by atoms with Gasteiger partial charge in [-0.15, -0.1) is 0 Å². The van der Waals surface area contributed by atoms with Crippen molar-refractivity contribution < 1.29 is 0 Å². The molecule has 2 aromatic heterocycles. The van der Waals surface area contributed by atoms with E-state index in [4.69, 9.17) is 0 Å². The Hall–Kier alpha value is -2.20. The Labute approximate surface area is 123 Å². The monoisotopic (exact) mass is 278 g/mol. The minimum absolute atomic E-state index is 0.631. The highest BCUT2D eigenvalue weighted by Crippen LogP contribution is 2.33. The summed E-state index contributed by atoms with van der Waals surface area (Å²) in [5, 5.41) is 1.33. The lowest BCUT2D eigenvalue weighted by Gasteiger charge is -2.10. The smallest absolute Gasteiger partial charge is 0.115 e. The van der Waals surface area contributed by atoms with E-state index in [1.54, 1.807) is 6.33 Å². The summed E-state index contributed by atoms with van der Waals surface area (Å²) in [6.07, 6.45) is 8.72. The largest absolute Gasteiger partial charge is 0.361 e. The Morgan fingerprint density at radius 1 is 1.19 bits per heavy atom. The molecule has 0 saturated carbocycles. The van der Waals surface area contributed by atoms with Gasteiger partial charge >= 0.3 is 0 Å². The van der Waals surface area contributed by atoms with Crippen LogP contribution in [-0.4, -0.2) is 40.0 Å². The molecule has 106 valence electrons. The van der Waals surface area contributed by atoms with Crippen LogP contribution in [0.1, 0.15) is 17.9 Å². The Bertz CT molecular complexity index is 763. The van der Waals surface area contributed by atoms with Crippen molar-refractivity contribution >= 4 is 10.9 Å². The van der Waals surface area contributed by atoms with Gasteiger partial charge in [0.05, 0.1) is 0 Å². The number of aromatic nitrogens is 3. The normalized spacial score (nSPS) is 19.4. The summed E-state index contributed by atoms with van der Waals surface area (Å²) in [5.41, 5.74) is 4.89. The van der Waals surface area contributed by atoms with Crippen molar-refractivity contribution in [2.24, 2.45) is 0 Å². The van der Waals surface area contributed by atoms with Gasteiger partial charge in [0.25, 0.3) is 0 Å². The van der Waals surface area contributed by atoms with Gasteiger partial charge in [-0.2, -0.15) is 0 Å². The average Bonchev–Trinajstić information content (AvgIpc) is 3.13. The van der Waals surface area contributed by atoms with Gasteiger partial charge < -0.3 is 9.88 Å². The first-order chi connectivity index (χ1) is 10.3. The molecule has 0 aliphatic carbocycles. The summed E-state index contributed by atoms with van der Waals surface area (Å²) in [5.74, 6) is 0.631. The van der Waals surface area contributed by atoms with Crippen LogP contribution >= 0.6 is 0 Å². The van der Waals surface area contributed by atoms with Crippen molar-refractivity contribution in [3.05, 3.63) is 48.7 Å². The molecular weight excluding hydrogens is 260 g/mol. The molecule has 1 fully saturated rings. The Kier molecular flexibility index (Phi) is 2.97. The third-order valence-corrected chi connectivity index (χ3v) is 4.44. The second-order valence-electron chi connectivity index (χ2n) is 5.88. The molecule has 0 radical (unpaired) electrons. The summed E-state index contributed by atoms with van der Waals surface area (Å²) >= 11 is 0. The number of likely N-dealkylation sites (N-methyl/N-ethyl adjacent to an activating group) is 1. The maximum atomic E-state index is 4.11. The van der Waals surface area contributed by atoms with Crippen molar-refractivity contribution in [1.82, 2.24) is 19.9 Å². The predicted molar refractivity (Wildman–Crippen MR) is 84.2 cm³/mol. The fraction of sp³-hybridized carbons (Fsp3) is 0.294. The highest BCUT2D eigenvalue weighted by Gasteiger charge is 2.23. The van der Waals surface area contributed by atoms with Crippen LogP contribution in [0.3, 0.4) is 0 Å². The number of likely N-dealkylation sites (tertiary alicyclic amines) is 1. The van der Waals surface area contributed by atoms with Gasteiger partial charge in [0.1, 0.15) is 6.33 Å². The van der Waals surface area contributed by atoms with Gasteiger partial charge in [0.15, 0.2) is 0 Å². The quantitative estimate of drug-likeness (QED) is 0.783. The first-order valence-corrected chi connectivity index (χ1v) is 7.36. The molecule has 1 unspecified atom stereocenters. The maximum Gasteiger partial charge on any atom is 0.115 e. The first-order valence-electron chi connectivity index (χ1n) is 7.36. The Morgan fingerprint density at radius 3 is 2.81 bits per heavy atom. The number of H-pyrrole nitrogens is 1. The third kappa shape index (κ3) is 2.21. The highest BCUT2D eigenvalue weighted by molar-refractivity contribution is 5.88. The molecule has 0 spiro atoms. The number of nitrogens with zero attached hydrogens (tertiary/aromatic N) is 3. The lowest BCUT2D eigenvalue weighted by atomic mass is 9.96. The molecule has 0 bridgehead atoms. The van der Waals surface area contributed by atoms with Gasteiger partial charge in [0.2, 0.25) is 0 Å². The molecule has 21 heavy (non-hydrogen) atoms. The topological polar surface area (TPSA) is 44.8 Å². The zero-order valence-corrected chi connectivity index (χ0v) is 12.1. The summed E-state index contributed by atoms with van der Waals surface area (Å²) < 4.78 is 0. The molecule has 1 atom stereocenters. The first kappa shape index (κ1) is 12.5. The van der Waals surface area contributed by atoms with Crippen LogP contribution in [0.15, 0.2) is 43.1 Å². The molecule has 0 amide bonds. The second kappa shape index (κ2) is 4.97. The number of nitrogens with one attached hydrogen (secondary N) is 1. The van der Waals surface area contributed by atoms with Gasteiger partial charge in [-0.05, 0) is 49.2 Å². The summed E-state index contributed by atoms with van der Waals surface area (Å²) in [6.45, 7) is 2.33. The lowest BCUT2D eigenvalue weighted by Crippen LogP contribution is -2.13. The molecular formula is C17H18N4. The van der Waals surface area contributed by atoms with E-state index in [1.165, 1.54) is 35.0 Å². The van der Waals surface area contributed by atoms with Crippen LogP contribution < -0.4 is 0 Å². The Morgan fingerprint density at radius 2 is 2.05 bits per heavy atom. The molecule has 1 saturated heterocycles. The van der Waals surface area contributed by atoms with Gasteiger partial charge in [-0.1, -0.05) is 6.07 Å². The van der Waals surface area contributed by atoms with Crippen LogP contribution in [0.2, 0.25) is 0 Å². The standard InChI is InChI=1S/C17H18N4/c1-21-5-4-13(10-21)16-9-20-17-3-2-12(6-15(16)17)14-7-18-11-19-8-14/h2-3,6-9,11,13,20H,4-5,10H2,1H3. The maximum absolute atomic E-state index is 4.11. The van der Waals surface area contributed by atoms with Crippen molar-refractivity contribution in [3.63, 3.8) is 0 Å². The van der Waals surface area contributed by atoms with E-state index in [0.717, 1.165) is 12.1 Å². The minimum Gasteiger partial charge on any atom is -0.361 e. The van der Waals surface area contributed by atoms with E-state index in [9.17, 15) is 0 Å². The zero-order valence-electron chi connectivity index (χ0n) is 12.1. The molecule has 4 nitrogen and oxygen atoms in total. The molecule has 4 rings (SSSR count). The van der Waals surface area contributed by atoms with E-state index < -0.39 is 0 Å². The van der Waals surface area contributed by atoms with E-state index in [1.807, 2.05) is 12.4 Å². The third-order valence-electron chi connectivity index (χ3n) is 4.44. The molecule has 1 aliphatic heterocycles. The van der Waals surface area contributed by atoms with Gasteiger partial charge in [0, 0.05) is 41.6 Å². The van der Waals surface area contributed by atoms with Crippen LogP contribution in [0, 0.1) is 0 Å². The van der Waals surface area contributed by atoms with E-state index in [-0.39, 0.29) is 0 Å². The van der Waals surface area contributed by atoms with Crippen molar-refractivity contribution in [2.45, 2.75) is 12.3 Å². The van der Waals surface area contributed by atoms with Gasteiger partial charge in [-0.25, -0.2) is 9.97 Å². The fourth-order valence-corrected chi connectivity index (χ4v) is 3.30. The van der Waals surface area contributed by atoms with Crippen LogP contribution in [0.4, 0.5) is 0 Å². The van der Waals surface area contributed by atoms with Crippen molar-refractivity contribution in [1.29, 1.82) is 0 Å². The van der Waals surface area contributed by atoms with Crippen LogP contribution in [0.25, 0.3) is 22.0 Å². The lowest BCUT2D eigenvalue weighted by molar-refractivity contribution is 0.412. The summed E-state index contributed by atoms with van der Waals surface area (Å²) in [4.78, 5) is 14.0. The predicted octanol–water partition coefficient (Wildman–Crippen LogP) is 3.04. The fourth-order valence-electron chi connectivity index (χ4n) is 3.30. The number of fused-ring (bicyclic) bond motifs is 1. The summed E-state index contributed by atoms with van der Waals surface area (Å²) in [7, 11) is 2.20. The number of rotatable bonds is 2. The van der Waals surface area contributed by atoms with Gasteiger partial charge in [-0.3, -0.25) is 0 Å². The van der Waals surface area contributed by atoms with Crippen LogP contribution in [-0.2, 0) is 0 Å². The van der Waals surface area contributed by atoms with Crippen LogP contribution in [0.5, 0.6) is 0 Å². The Balaban J connectivity index is 1.79. The molecule has 1 aliphatic rings. The van der Waals surface area contributed by atoms with Crippen molar-refractivity contribution in [2.75, 3.05) is 20.1 Å². The molecule has 4 heteroatoms. The minimum atomic E-state index is 0.631. The molecule has 1 N–H and O–H groups in total. The second-order valence-corrected chi connectivity index (χ2v) is 5.88. The highest BCUT2D eigenvalue weighted by atomic mass is 15.1. The zero-order chi connectivity index (χ0) is 14.2. The average molecular weight is 278 g/mol. The van der Waals surface area contributed by atoms with Crippen molar-refractivity contribution in [3.8, 4) is 11.1 Å². The van der Waals surface area contributed by atoms with E-state index in [0.29, 0.717) is 5.92 Å². The number of benzene rings is 1. The number of hydrogen-bond acceptors (Lipinski definition) is 3. The van der Waals surface area contributed by atoms with E-state index >= 15 is 0 Å².